The molecule has 0 saturated heterocycles. The van der Waals surface area contributed by atoms with Gasteiger partial charge in [-0.1, -0.05) is 0 Å². The number of hydrogen-bond acceptors (Lipinski definition) is 4. The quantitative estimate of drug-likeness (QED) is 0.942. The third kappa shape index (κ3) is 2.16. The zero-order valence-corrected chi connectivity index (χ0v) is 12.9. The first kappa shape index (κ1) is 13.7. The number of ether oxygens (including phenoxy) is 2. The number of aromatic nitrogens is 2. The van der Waals surface area contributed by atoms with Crippen molar-refractivity contribution in [2.24, 2.45) is 7.05 Å². The highest BCUT2D eigenvalue weighted by Crippen LogP contribution is 2.45. The van der Waals surface area contributed by atoms with E-state index in [2.05, 4.69) is 21.0 Å². The molecule has 0 atom stereocenters. The molecule has 102 valence electrons. The summed E-state index contributed by atoms with van der Waals surface area (Å²) in [6.07, 6.45) is 1.73. The smallest absolute Gasteiger partial charge is 0.144 e. The van der Waals surface area contributed by atoms with Gasteiger partial charge in [-0.15, -0.1) is 0 Å². The summed E-state index contributed by atoms with van der Waals surface area (Å²) in [5, 5.41) is 4.16. The topological polar surface area (TPSA) is 62.3 Å². The summed E-state index contributed by atoms with van der Waals surface area (Å²) in [5.41, 5.74) is 8.75. The van der Waals surface area contributed by atoms with E-state index in [1.165, 1.54) is 0 Å². The fourth-order valence-electron chi connectivity index (χ4n) is 2.05. The van der Waals surface area contributed by atoms with Crippen LogP contribution in [0.4, 0.5) is 5.82 Å². The minimum absolute atomic E-state index is 0.592. The molecule has 0 fully saturated rings. The fraction of sp³-hybridized carbons (Fsp3) is 0.308. The Labute approximate surface area is 120 Å². The van der Waals surface area contributed by atoms with E-state index in [0.29, 0.717) is 11.6 Å². The maximum atomic E-state index is 6.03. The predicted octanol–water partition coefficient (Wildman–Crippen LogP) is 2.76. The highest BCUT2D eigenvalue weighted by Gasteiger charge is 2.19. The van der Waals surface area contributed by atoms with Crippen LogP contribution in [0.5, 0.6) is 11.5 Å². The van der Waals surface area contributed by atoms with Gasteiger partial charge in [0.05, 0.1) is 20.4 Å². The summed E-state index contributed by atoms with van der Waals surface area (Å²) in [4.78, 5) is 0. The lowest BCUT2D eigenvalue weighted by Gasteiger charge is -2.15. The first-order valence-corrected chi connectivity index (χ1v) is 6.49. The largest absolute Gasteiger partial charge is 0.495 e. The standard InChI is InChI=1S/C13H16BrN3O2/c1-7-5-8(9-6-16-17(2)13(9)15)12(19-4)10(14)11(7)18-3/h5-6H,15H2,1-4H3. The Hall–Kier alpha value is -1.69. The molecule has 0 spiro atoms. The van der Waals surface area contributed by atoms with E-state index < -0.39 is 0 Å². The van der Waals surface area contributed by atoms with E-state index in [1.54, 1.807) is 32.1 Å². The maximum absolute atomic E-state index is 6.03. The molecule has 0 aliphatic heterocycles. The van der Waals surface area contributed by atoms with Crippen molar-refractivity contribution in [2.45, 2.75) is 6.92 Å². The number of aryl methyl sites for hydroxylation is 2. The number of rotatable bonds is 3. The molecule has 2 aromatic rings. The molecule has 0 saturated carbocycles. The first-order valence-electron chi connectivity index (χ1n) is 5.70. The molecule has 1 aromatic heterocycles. The highest BCUT2D eigenvalue weighted by molar-refractivity contribution is 9.10. The Morgan fingerprint density at radius 3 is 2.32 bits per heavy atom. The van der Waals surface area contributed by atoms with Gasteiger partial charge in [0.15, 0.2) is 0 Å². The fourth-order valence-corrected chi connectivity index (χ4v) is 2.90. The number of methoxy groups -OCH3 is 2. The van der Waals surface area contributed by atoms with Crippen molar-refractivity contribution in [1.82, 2.24) is 9.78 Å². The van der Waals surface area contributed by atoms with Crippen molar-refractivity contribution in [3.63, 3.8) is 0 Å². The van der Waals surface area contributed by atoms with Crippen molar-refractivity contribution in [1.29, 1.82) is 0 Å². The summed E-state index contributed by atoms with van der Waals surface area (Å²) >= 11 is 3.51. The number of hydrogen-bond donors (Lipinski definition) is 1. The van der Waals surface area contributed by atoms with Crippen molar-refractivity contribution < 1.29 is 9.47 Å². The number of anilines is 1. The van der Waals surface area contributed by atoms with Gasteiger partial charge in [0, 0.05) is 18.2 Å². The van der Waals surface area contributed by atoms with Gasteiger partial charge >= 0.3 is 0 Å². The van der Waals surface area contributed by atoms with Crippen molar-refractivity contribution in [3.05, 3.63) is 22.3 Å². The molecule has 0 bridgehead atoms. The van der Waals surface area contributed by atoms with Crippen molar-refractivity contribution >= 4 is 21.7 Å². The van der Waals surface area contributed by atoms with E-state index in [0.717, 1.165) is 26.9 Å². The SMILES string of the molecule is COc1c(C)cc(-c2cnn(C)c2N)c(OC)c1Br. The van der Waals surface area contributed by atoms with E-state index in [-0.39, 0.29) is 0 Å². The van der Waals surface area contributed by atoms with Crippen LogP contribution in [0.1, 0.15) is 5.56 Å². The Balaban J connectivity index is 2.74. The van der Waals surface area contributed by atoms with Gasteiger partial charge in [-0.25, -0.2) is 0 Å². The molecule has 2 rings (SSSR count). The van der Waals surface area contributed by atoms with Crippen molar-refractivity contribution in [3.8, 4) is 22.6 Å². The average Bonchev–Trinajstić information content (AvgIpc) is 2.70. The van der Waals surface area contributed by atoms with E-state index in [1.807, 2.05) is 13.0 Å². The monoisotopic (exact) mass is 325 g/mol. The number of nitrogens with zero attached hydrogens (tertiary/aromatic N) is 2. The zero-order chi connectivity index (χ0) is 14.2. The molecule has 5 nitrogen and oxygen atoms in total. The molecule has 6 heteroatoms. The molecule has 1 aromatic carbocycles. The molecular formula is C13H16BrN3O2. The summed E-state index contributed by atoms with van der Waals surface area (Å²) in [7, 11) is 5.05. The van der Waals surface area contributed by atoms with Gasteiger partial charge in [0.25, 0.3) is 0 Å². The molecule has 0 unspecified atom stereocenters. The summed E-state index contributed by atoms with van der Waals surface area (Å²) < 4.78 is 13.2. The van der Waals surface area contributed by atoms with E-state index >= 15 is 0 Å². The van der Waals surface area contributed by atoms with Gasteiger partial charge in [0.1, 0.15) is 21.8 Å². The van der Waals surface area contributed by atoms with Gasteiger partial charge in [-0.2, -0.15) is 5.10 Å². The van der Waals surface area contributed by atoms with E-state index in [4.69, 9.17) is 15.2 Å². The summed E-state index contributed by atoms with van der Waals surface area (Å²) in [5.74, 6) is 2.03. The van der Waals surface area contributed by atoms with Gasteiger partial charge in [-0.05, 0) is 34.5 Å². The number of nitrogens with two attached hydrogens (primary N) is 1. The Bertz CT molecular complexity index is 623. The second-order valence-corrected chi connectivity index (χ2v) is 4.98. The molecule has 0 amide bonds. The normalized spacial score (nSPS) is 10.6. The Morgan fingerprint density at radius 1 is 1.21 bits per heavy atom. The van der Waals surface area contributed by atoms with Crippen LogP contribution in [0.3, 0.4) is 0 Å². The van der Waals surface area contributed by atoms with Crippen LogP contribution >= 0.6 is 15.9 Å². The molecule has 0 aliphatic carbocycles. The number of benzene rings is 1. The van der Waals surface area contributed by atoms with Crippen LogP contribution in [0.2, 0.25) is 0 Å². The van der Waals surface area contributed by atoms with Crippen LogP contribution in [0.25, 0.3) is 11.1 Å². The summed E-state index contributed by atoms with van der Waals surface area (Å²) in [6, 6.07) is 1.98. The van der Waals surface area contributed by atoms with Gasteiger partial charge in [-0.3, -0.25) is 4.68 Å². The highest BCUT2D eigenvalue weighted by atomic mass is 79.9. The maximum Gasteiger partial charge on any atom is 0.144 e. The van der Waals surface area contributed by atoms with Crippen LogP contribution in [0.15, 0.2) is 16.7 Å². The second-order valence-electron chi connectivity index (χ2n) is 4.19. The molecule has 0 aliphatic rings. The second kappa shape index (κ2) is 5.13. The van der Waals surface area contributed by atoms with Crippen molar-refractivity contribution in [2.75, 3.05) is 20.0 Å². The third-order valence-electron chi connectivity index (χ3n) is 3.05. The third-order valence-corrected chi connectivity index (χ3v) is 3.77. The minimum Gasteiger partial charge on any atom is -0.495 e. The van der Waals surface area contributed by atoms with E-state index in [9.17, 15) is 0 Å². The molecule has 19 heavy (non-hydrogen) atoms. The van der Waals surface area contributed by atoms with Crippen LogP contribution in [0, 0.1) is 6.92 Å². The lowest BCUT2D eigenvalue weighted by molar-refractivity contribution is 0.388. The number of nitrogen functional groups attached to an aromatic ring is 1. The first-order chi connectivity index (χ1) is 9.01. The van der Waals surface area contributed by atoms with Gasteiger partial charge in [0.2, 0.25) is 0 Å². The number of halogens is 1. The average molecular weight is 326 g/mol. The minimum atomic E-state index is 0.592. The molecule has 2 N–H and O–H groups in total. The lowest BCUT2D eigenvalue weighted by atomic mass is 10.0. The Morgan fingerprint density at radius 2 is 1.84 bits per heavy atom. The Kier molecular flexibility index (Phi) is 3.71. The predicted molar refractivity (Wildman–Crippen MR) is 78.6 cm³/mol. The molecule has 1 heterocycles. The van der Waals surface area contributed by atoms with Crippen LogP contribution < -0.4 is 15.2 Å². The molecular weight excluding hydrogens is 310 g/mol. The molecule has 0 radical (unpaired) electrons. The summed E-state index contributed by atoms with van der Waals surface area (Å²) in [6.45, 7) is 1.97. The zero-order valence-electron chi connectivity index (χ0n) is 11.3. The lowest BCUT2D eigenvalue weighted by Crippen LogP contribution is -2.00. The van der Waals surface area contributed by atoms with Crippen LogP contribution in [-0.4, -0.2) is 24.0 Å². The van der Waals surface area contributed by atoms with Gasteiger partial charge < -0.3 is 15.2 Å². The van der Waals surface area contributed by atoms with Crippen LogP contribution in [-0.2, 0) is 7.05 Å².